The molecule has 1 heterocycles. The molecule has 0 bridgehead atoms. The highest BCUT2D eigenvalue weighted by atomic mass is 16.5. The second-order valence-corrected chi connectivity index (χ2v) is 5.86. The summed E-state index contributed by atoms with van der Waals surface area (Å²) in [6, 6.07) is 7.40. The fourth-order valence-corrected chi connectivity index (χ4v) is 2.93. The topological polar surface area (TPSA) is 64.5 Å². The molecule has 2 aromatic rings. The number of rotatable bonds is 6. The zero-order valence-corrected chi connectivity index (χ0v) is 13.3. The summed E-state index contributed by atoms with van der Waals surface area (Å²) in [7, 11) is 1.63. The molecule has 1 N–H and O–H groups in total. The Labute approximate surface area is 136 Å². The molecular weight excluding hydrogens is 292 g/mol. The van der Waals surface area contributed by atoms with Crippen LogP contribution >= 0.6 is 0 Å². The molecule has 1 atom stereocenters. The van der Waals surface area contributed by atoms with Gasteiger partial charge in [-0.25, -0.2) is 9.97 Å². The third kappa shape index (κ3) is 3.99. The summed E-state index contributed by atoms with van der Waals surface area (Å²) in [6.45, 7) is 0. The normalized spacial score (nSPS) is 16.3. The maximum Gasteiger partial charge on any atom is 0.161 e. The molecule has 122 valence electrons. The molecule has 0 aliphatic heterocycles. The van der Waals surface area contributed by atoms with Gasteiger partial charge in [-0.15, -0.1) is 0 Å². The van der Waals surface area contributed by atoms with Gasteiger partial charge in [-0.1, -0.05) is 6.07 Å². The number of benzene rings is 1. The number of aromatic nitrogens is 2. The Morgan fingerprint density at radius 3 is 2.74 bits per heavy atom. The van der Waals surface area contributed by atoms with Gasteiger partial charge in [-0.05, 0) is 49.4 Å². The maximum atomic E-state index is 10.5. The van der Waals surface area contributed by atoms with Crippen LogP contribution < -0.4 is 9.47 Å². The molecule has 1 aliphatic carbocycles. The van der Waals surface area contributed by atoms with Crippen LogP contribution in [0.2, 0.25) is 0 Å². The van der Waals surface area contributed by atoms with Crippen molar-refractivity contribution in [3.8, 4) is 11.5 Å². The van der Waals surface area contributed by atoms with Crippen molar-refractivity contribution >= 4 is 0 Å². The van der Waals surface area contributed by atoms with Crippen molar-refractivity contribution in [2.75, 3.05) is 7.11 Å². The summed E-state index contributed by atoms with van der Waals surface area (Å²) in [5, 5.41) is 10.5. The summed E-state index contributed by atoms with van der Waals surface area (Å²) >= 11 is 0. The molecule has 0 radical (unpaired) electrons. The fourth-order valence-electron chi connectivity index (χ4n) is 2.93. The molecule has 1 aromatic carbocycles. The van der Waals surface area contributed by atoms with Crippen molar-refractivity contribution in [1.29, 1.82) is 0 Å². The minimum atomic E-state index is -0.637. The molecule has 0 amide bonds. The van der Waals surface area contributed by atoms with Gasteiger partial charge in [0.15, 0.2) is 11.5 Å². The monoisotopic (exact) mass is 314 g/mol. The highest BCUT2D eigenvalue weighted by Crippen LogP contribution is 2.34. The molecule has 1 fully saturated rings. The molecule has 3 rings (SSSR count). The van der Waals surface area contributed by atoms with Crippen LogP contribution in [0.25, 0.3) is 0 Å². The van der Waals surface area contributed by atoms with E-state index >= 15 is 0 Å². The van der Waals surface area contributed by atoms with E-state index < -0.39 is 6.10 Å². The molecule has 5 heteroatoms. The molecule has 1 aromatic heterocycles. The van der Waals surface area contributed by atoms with Gasteiger partial charge < -0.3 is 14.6 Å². The Balaban J connectivity index is 1.76. The van der Waals surface area contributed by atoms with E-state index in [1.807, 2.05) is 24.3 Å². The van der Waals surface area contributed by atoms with Crippen LogP contribution in [0.5, 0.6) is 11.5 Å². The zero-order valence-electron chi connectivity index (χ0n) is 13.3. The first-order chi connectivity index (χ1) is 11.3. The van der Waals surface area contributed by atoms with E-state index in [4.69, 9.17) is 9.47 Å². The Kier molecular flexibility index (Phi) is 5.08. The van der Waals surface area contributed by atoms with Crippen LogP contribution in [-0.2, 0) is 6.42 Å². The first-order valence-electron chi connectivity index (χ1n) is 8.04. The number of nitrogens with zero attached hydrogens (tertiary/aromatic N) is 2. The first kappa shape index (κ1) is 15.7. The Bertz CT molecular complexity index is 627. The molecule has 1 unspecified atom stereocenters. The van der Waals surface area contributed by atoms with Crippen LogP contribution in [-0.4, -0.2) is 28.3 Å². The van der Waals surface area contributed by atoms with Gasteiger partial charge in [-0.2, -0.15) is 0 Å². The number of methoxy groups -OCH3 is 1. The van der Waals surface area contributed by atoms with Crippen LogP contribution in [0.1, 0.15) is 43.0 Å². The molecular formula is C18H22N2O3. The molecule has 5 nitrogen and oxygen atoms in total. The largest absolute Gasteiger partial charge is 0.493 e. The van der Waals surface area contributed by atoms with Crippen molar-refractivity contribution in [3.63, 3.8) is 0 Å². The smallest absolute Gasteiger partial charge is 0.161 e. The lowest BCUT2D eigenvalue weighted by atomic mass is 10.0. The molecule has 1 aliphatic rings. The second-order valence-electron chi connectivity index (χ2n) is 5.86. The van der Waals surface area contributed by atoms with Gasteiger partial charge in [-0.3, -0.25) is 0 Å². The first-order valence-corrected chi connectivity index (χ1v) is 8.04. The van der Waals surface area contributed by atoms with E-state index in [9.17, 15) is 5.11 Å². The summed E-state index contributed by atoms with van der Waals surface area (Å²) in [5.74, 6) is 1.41. The highest BCUT2D eigenvalue weighted by Gasteiger charge is 2.20. The number of hydrogen-bond acceptors (Lipinski definition) is 5. The predicted octanol–water partition coefficient (Wildman–Crippen LogP) is 3.08. The van der Waals surface area contributed by atoms with E-state index in [0.717, 1.165) is 24.1 Å². The van der Waals surface area contributed by atoms with E-state index in [1.165, 1.54) is 19.2 Å². The predicted molar refractivity (Wildman–Crippen MR) is 86.6 cm³/mol. The van der Waals surface area contributed by atoms with Crippen LogP contribution in [0.4, 0.5) is 0 Å². The average molecular weight is 314 g/mol. The lowest BCUT2D eigenvalue weighted by Crippen LogP contribution is -2.12. The minimum Gasteiger partial charge on any atom is -0.493 e. The van der Waals surface area contributed by atoms with Gasteiger partial charge in [0, 0.05) is 18.3 Å². The number of ether oxygens (including phenoxy) is 2. The molecule has 0 spiro atoms. The Hall–Kier alpha value is -2.14. The van der Waals surface area contributed by atoms with Crippen LogP contribution in [0.3, 0.4) is 0 Å². The summed E-state index contributed by atoms with van der Waals surface area (Å²) in [5.41, 5.74) is 1.61. The summed E-state index contributed by atoms with van der Waals surface area (Å²) in [6.07, 6.45) is 7.81. The minimum absolute atomic E-state index is 0.248. The van der Waals surface area contributed by atoms with Gasteiger partial charge in [0.25, 0.3) is 0 Å². The highest BCUT2D eigenvalue weighted by molar-refractivity contribution is 5.44. The van der Waals surface area contributed by atoms with Crippen molar-refractivity contribution in [2.24, 2.45) is 0 Å². The SMILES string of the molecule is COc1ccc(C(O)Cc2ccncn2)cc1OC1CCCC1. The summed E-state index contributed by atoms with van der Waals surface area (Å²) < 4.78 is 11.5. The molecule has 0 saturated heterocycles. The Morgan fingerprint density at radius 1 is 1.22 bits per heavy atom. The summed E-state index contributed by atoms with van der Waals surface area (Å²) in [4.78, 5) is 8.05. The Morgan fingerprint density at radius 2 is 2.04 bits per heavy atom. The number of hydrogen-bond donors (Lipinski definition) is 1. The van der Waals surface area contributed by atoms with E-state index in [-0.39, 0.29) is 6.10 Å². The van der Waals surface area contributed by atoms with E-state index in [1.54, 1.807) is 13.3 Å². The zero-order chi connectivity index (χ0) is 16.1. The fraction of sp³-hybridized carbons (Fsp3) is 0.444. The van der Waals surface area contributed by atoms with E-state index in [2.05, 4.69) is 9.97 Å². The third-order valence-corrected chi connectivity index (χ3v) is 4.21. The van der Waals surface area contributed by atoms with Crippen molar-refractivity contribution in [1.82, 2.24) is 9.97 Å². The quantitative estimate of drug-likeness (QED) is 0.887. The van der Waals surface area contributed by atoms with Gasteiger partial charge in [0.1, 0.15) is 6.33 Å². The maximum absolute atomic E-state index is 10.5. The van der Waals surface area contributed by atoms with E-state index in [0.29, 0.717) is 17.9 Å². The molecule has 23 heavy (non-hydrogen) atoms. The van der Waals surface area contributed by atoms with Gasteiger partial charge >= 0.3 is 0 Å². The van der Waals surface area contributed by atoms with Crippen molar-refractivity contribution < 1.29 is 14.6 Å². The number of aliphatic hydroxyl groups excluding tert-OH is 1. The number of aliphatic hydroxyl groups is 1. The van der Waals surface area contributed by atoms with Crippen LogP contribution in [0, 0.1) is 0 Å². The third-order valence-electron chi connectivity index (χ3n) is 4.21. The lowest BCUT2D eigenvalue weighted by molar-refractivity contribution is 0.173. The van der Waals surface area contributed by atoms with Gasteiger partial charge in [0.2, 0.25) is 0 Å². The van der Waals surface area contributed by atoms with Crippen molar-refractivity contribution in [2.45, 2.75) is 44.3 Å². The van der Waals surface area contributed by atoms with Gasteiger partial charge in [0.05, 0.1) is 19.3 Å². The standard InChI is InChI=1S/C18H22N2O3/c1-22-17-7-6-13(10-18(17)23-15-4-2-3-5-15)16(21)11-14-8-9-19-12-20-14/h6-10,12,15-16,21H,2-5,11H2,1H3. The lowest BCUT2D eigenvalue weighted by Gasteiger charge is -2.18. The molecule has 1 saturated carbocycles. The van der Waals surface area contributed by atoms with Crippen molar-refractivity contribution in [3.05, 3.63) is 48.0 Å². The average Bonchev–Trinajstić information content (AvgIpc) is 3.09. The van der Waals surface area contributed by atoms with Crippen LogP contribution in [0.15, 0.2) is 36.8 Å². The second kappa shape index (κ2) is 7.42.